The van der Waals surface area contributed by atoms with E-state index >= 15 is 0 Å². The van der Waals surface area contributed by atoms with Crippen LogP contribution in [0.3, 0.4) is 0 Å². The van der Waals surface area contributed by atoms with Crippen molar-refractivity contribution < 1.29 is 27.1 Å². The van der Waals surface area contributed by atoms with Crippen LogP contribution in [0.4, 0.5) is 29.3 Å². The van der Waals surface area contributed by atoms with E-state index in [-0.39, 0.29) is 23.4 Å². The van der Waals surface area contributed by atoms with Crippen molar-refractivity contribution in [1.29, 1.82) is 0 Å². The molecule has 1 N–H and O–H groups in total. The van der Waals surface area contributed by atoms with Crippen molar-refractivity contribution in [2.24, 2.45) is 0 Å². The number of alkyl halides is 3. The summed E-state index contributed by atoms with van der Waals surface area (Å²) in [5, 5.41) is 3.25. The fourth-order valence-electron chi connectivity index (χ4n) is 4.25. The monoisotopic (exact) mass is 488 g/mol. The number of rotatable bonds is 4. The van der Waals surface area contributed by atoms with E-state index in [9.17, 15) is 22.4 Å². The topological polar surface area (TPSA) is 83.5 Å². The van der Waals surface area contributed by atoms with E-state index in [2.05, 4.69) is 25.0 Å². The van der Waals surface area contributed by atoms with Crippen LogP contribution in [0, 0.1) is 12.7 Å². The molecule has 2 aromatic heterocycles. The number of nitrogens with one attached hydrogen (secondary N) is 1. The zero-order chi connectivity index (χ0) is 24.7. The standard InChI is InChI=1S/C23H20F4N6O2/c1-13-11-18(31-22(30-13)32-9-7-28-8-10-32)33-12-15-14(21(33)34)5-6-29-20(15)19-16(24)3-2-4-17(19)35-23(25,26)27/h2-6,11,28H,7-10,12H2,1H3. The highest BCUT2D eigenvalue weighted by molar-refractivity contribution is 6.10. The molecule has 2 aliphatic heterocycles. The summed E-state index contributed by atoms with van der Waals surface area (Å²) in [6, 6.07) is 6.25. The molecule has 0 bridgehead atoms. The molecule has 0 spiro atoms. The number of hydrogen-bond donors (Lipinski definition) is 1. The van der Waals surface area contributed by atoms with Crippen molar-refractivity contribution >= 4 is 17.7 Å². The number of hydrogen-bond acceptors (Lipinski definition) is 7. The molecule has 35 heavy (non-hydrogen) atoms. The highest BCUT2D eigenvalue weighted by Crippen LogP contribution is 2.40. The number of ether oxygens (including phenoxy) is 1. The third-order valence-electron chi connectivity index (χ3n) is 5.79. The van der Waals surface area contributed by atoms with Crippen LogP contribution in [0.5, 0.6) is 5.75 Å². The highest BCUT2D eigenvalue weighted by atomic mass is 19.4. The van der Waals surface area contributed by atoms with Crippen LogP contribution in [-0.2, 0) is 6.54 Å². The van der Waals surface area contributed by atoms with E-state index in [0.717, 1.165) is 31.3 Å². The van der Waals surface area contributed by atoms with Crippen LogP contribution in [-0.4, -0.2) is 53.4 Å². The van der Waals surface area contributed by atoms with Gasteiger partial charge in [-0.3, -0.25) is 14.7 Å². The van der Waals surface area contributed by atoms with E-state index in [1.165, 1.54) is 17.2 Å². The lowest BCUT2D eigenvalue weighted by Crippen LogP contribution is -2.44. The maximum Gasteiger partial charge on any atom is 0.573 e. The Bertz CT molecular complexity index is 1290. The fourth-order valence-corrected chi connectivity index (χ4v) is 4.25. The van der Waals surface area contributed by atoms with Gasteiger partial charge in [0.25, 0.3) is 5.91 Å². The second-order valence-electron chi connectivity index (χ2n) is 8.14. The van der Waals surface area contributed by atoms with Gasteiger partial charge < -0.3 is 15.0 Å². The molecule has 3 aromatic rings. The Labute approximate surface area is 197 Å². The van der Waals surface area contributed by atoms with Gasteiger partial charge in [0, 0.05) is 55.3 Å². The summed E-state index contributed by atoms with van der Waals surface area (Å²) in [5.74, 6) is -1.26. The molecule has 0 saturated carbocycles. The molecule has 0 unspecified atom stereocenters. The fraction of sp³-hybridized carbons (Fsp3) is 0.304. The van der Waals surface area contributed by atoms with Crippen LogP contribution in [0.2, 0.25) is 0 Å². The molecule has 5 rings (SSSR count). The van der Waals surface area contributed by atoms with Crippen molar-refractivity contribution in [2.45, 2.75) is 19.8 Å². The summed E-state index contributed by atoms with van der Waals surface area (Å²) >= 11 is 0. The Morgan fingerprint density at radius 1 is 1.11 bits per heavy atom. The van der Waals surface area contributed by atoms with E-state index in [4.69, 9.17) is 0 Å². The smallest absolute Gasteiger partial charge is 0.405 e. The Hall–Kier alpha value is -3.80. The number of aryl methyl sites for hydroxylation is 1. The maximum atomic E-state index is 14.8. The van der Waals surface area contributed by atoms with Crippen molar-refractivity contribution in [3.63, 3.8) is 0 Å². The zero-order valence-electron chi connectivity index (χ0n) is 18.6. The third-order valence-corrected chi connectivity index (χ3v) is 5.79. The van der Waals surface area contributed by atoms with Crippen LogP contribution in [0.1, 0.15) is 21.6 Å². The van der Waals surface area contributed by atoms with E-state index < -0.39 is 29.4 Å². The van der Waals surface area contributed by atoms with Gasteiger partial charge in [0.05, 0.1) is 17.8 Å². The normalized spacial score (nSPS) is 16.0. The number of halogens is 4. The Kier molecular flexibility index (Phi) is 5.75. The number of fused-ring (bicyclic) bond motifs is 1. The summed E-state index contributed by atoms with van der Waals surface area (Å²) in [4.78, 5) is 29.9. The Morgan fingerprint density at radius 3 is 2.63 bits per heavy atom. The molecule has 182 valence electrons. The SMILES string of the molecule is Cc1cc(N2Cc3c(ccnc3-c3c(F)cccc3OC(F)(F)F)C2=O)nc(N2CCNCC2)n1. The summed E-state index contributed by atoms with van der Waals surface area (Å²) in [6.45, 7) is 4.72. The lowest BCUT2D eigenvalue weighted by molar-refractivity contribution is -0.274. The van der Waals surface area contributed by atoms with Gasteiger partial charge in [0.15, 0.2) is 0 Å². The zero-order valence-corrected chi connectivity index (χ0v) is 18.6. The molecular formula is C23H20F4N6O2. The lowest BCUT2D eigenvalue weighted by atomic mass is 10.0. The third kappa shape index (κ3) is 4.48. The van der Waals surface area contributed by atoms with Crippen molar-refractivity contribution in [3.8, 4) is 17.0 Å². The largest absolute Gasteiger partial charge is 0.573 e. The minimum atomic E-state index is -5.03. The quantitative estimate of drug-likeness (QED) is 0.564. The summed E-state index contributed by atoms with van der Waals surface area (Å²) in [7, 11) is 0. The van der Waals surface area contributed by atoms with E-state index in [1.54, 1.807) is 13.0 Å². The Morgan fingerprint density at radius 2 is 1.89 bits per heavy atom. The van der Waals surface area contributed by atoms with Crippen molar-refractivity contribution in [2.75, 3.05) is 36.0 Å². The molecule has 1 amide bonds. The average Bonchev–Trinajstić information content (AvgIpc) is 3.15. The molecule has 0 aliphatic carbocycles. The lowest BCUT2D eigenvalue weighted by Gasteiger charge is -2.28. The van der Waals surface area contributed by atoms with Gasteiger partial charge in [-0.1, -0.05) is 6.07 Å². The molecule has 8 nitrogen and oxygen atoms in total. The first-order chi connectivity index (χ1) is 16.7. The summed E-state index contributed by atoms with van der Waals surface area (Å²) < 4.78 is 57.8. The second-order valence-corrected chi connectivity index (χ2v) is 8.14. The van der Waals surface area contributed by atoms with Gasteiger partial charge in [0.2, 0.25) is 5.95 Å². The molecule has 0 radical (unpaired) electrons. The minimum absolute atomic E-state index is 0.0470. The molecule has 1 aromatic carbocycles. The van der Waals surface area contributed by atoms with Crippen LogP contribution in [0.15, 0.2) is 36.5 Å². The van der Waals surface area contributed by atoms with Crippen LogP contribution in [0.25, 0.3) is 11.3 Å². The highest BCUT2D eigenvalue weighted by Gasteiger charge is 2.36. The maximum absolute atomic E-state index is 14.8. The summed E-state index contributed by atoms with van der Waals surface area (Å²) in [5.41, 5.74) is 0.590. The van der Waals surface area contributed by atoms with Gasteiger partial charge in [-0.25, -0.2) is 9.37 Å². The van der Waals surface area contributed by atoms with Gasteiger partial charge in [-0.2, -0.15) is 4.98 Å². The van der Waals surface area contributed by atoms with Crippen LogP contribution < -0.4 is 19.9 Å². The molecule has 1 fully saturated rings. The number of amides is 1. The van der Waals surface area contributed by atoms with Crippen molar-refractivity contribution in [1.82, 2.24) is 20.3 Å². The number of carbonyl (C=O) groups is 1. The van der Waals surface area contributed by atoms with Crippen LogP contribution >= 0.6 is 0 Å². The number of benzene rings is 1. The second kappa shape index (κ2) is 8.77. The summed E-state index contributed by atoms with van der Waals surface area (Å²) in [6.07, 6.45) is -3.77. The van der Waals surface area contributed by atoms with Gasteiger partial charge >= 0.3 is 6.36 Å². The number of aromatic nitrogens is 3. The van der Waals surface area contributed by atoms with E-state index in [0.29, 0.717) is 30.5 Å². The van der Waals surface area contributed by atoms with Gasteiger partial charge in [-0.15, -0.1) is 13.2 Å². The first-order valence-electron chi connectivity index (χ1n) is 10.9. The van der Waals surface area contributed by atoms with Gasteiger partial charge in [-0.05, 0) is 25.1 Å². The van der Waals surface area contributed by atoms with E-state index in [1.807, 2.05) is 4.90 Å². The predicted molar refractivity (Wildman–Crippen MR) is 119 cm³/mol. The molecule has 2 aliphatic rings. The molecular weight excluding hydrogens is 468 g/mol. The number of anilines is 2. The first kappa shape index (κ1) is 23.0. The van der Waals surface area contributed by atoms with Crippen molar-refractivity contribution in [3.05, 3.63) is 59.2 Å². The number of carbonyl (C=O) groups excluding carboxylic acids is 1. The minimum Gasteiger partial charge on any atom is -0.405 e. The molecule has 4 heterocycles. The molecule has 1 saturated heterocycles. The van der Waals surface area contributed by atoms with Gasteiger partial charge in [0.1, 0.15) is 17.4 Å². The predicted octanol–water partition coefficient (Wildman–Crippen LogP) is 3.45. The average molecular weight is 488 g/mol. The number of piperazine rings is 1. The number of pyridine rings is 1. The molecule has 12 heteroatoms. The first-order valence-corrected chi connectivity index (χ1v) is 10.9. The number of nitrogens with zero attached hydrogens (tertiary/aromatic N) is 5. The Balaban J connectivity index is 1.55. The molecule has 0 atom stereocenters.